The number of amides is 1. The number of hydrogen-bond donors (Lipinski definition) is 1. The summed E-state index contributed by atoms with van der Waals surface area (Å²) in [4.78, 5) is 16.8. The molecule has 1 aliphatic rings. The van der Waals surface area contributed by atoms with Gasteiger partial charge in [0.15, 0.2) is 0 Å². The molecule has 1 unspecified atom stereocenters. The molecule has 0 aliphatic carbocycles. The zero-order valence-electron chi connectivity index (χ0n) is 14.1. The number of aliphatic hydroxyl groups is 1. The van der Waals surface area contributed by atoms with Gasteiger partial charge in [0.1, 0.15) is 0 Å². The van der Waals surface area contributed by atoms with Gasteiger partial charge in [-0.1, -0.05) is 18.2 Å². The van der Waals surface area contributed by atoms with Gasteiger partial charge in [0.2, 0.25) is 5.91 Å². The third-order valence-corrected chi connectivity index (χ3v) is 4.34. The molecule has 22 heavy (non-hydrogen) atoms. The average molecular weight is 304 g/mol. The molecule has 0 aromatic heterocycles. The Kier molecular flexibility index (Phi) is 5.24. The highest BCUT2D eigenvalue weighted by molar-refractivity contribution is 5.95. The molecule has 1 atom stereocenters. The molecule has 1 aromatic carbocycles. The second-order valence-corrected chi connectivity index (χ2v) is 6.98. The van der Waals surface area contributed by atoms with Crippen LogP contribution in [0.15, 0.2) is 30.3 Å². The van der Waals surface area contributed by atoms with Crippen LogP contribution >= 0.6 is 0 Å². The fraction of sp³-hybridized carbons (Fsp3) is 0.611. The van der Waals surface area contributed by atoms with Crippen molar-refractivity contribution in [1.29, 1.82) is 0 Å². The summed E-state index contributed by atoms with van der Waals surface area (Å²) >= 11 is 0. The molecule has 4 heteroatoms. The molecule has 0 saturated carbocycles. The summed E-state index contributed by atoms with van der Waals surface area (Å²) in [7, 11) is 0. The van der Waals surface area contributed by atoms with E-state index in [-0.39, 0.29) is 18.0 Å². The van der Waals surface area contributed by atoms with Gasteiger partial charge in [-0.2, -0.15) is 0 Å². The van der Waals surface area contributed by atoms with E-state index in [1.165, 1.54) is 0 Å². The van der Waals surface area contributed by atoms with Crippen molar-refractivity contribution in [1.82, 2.24) is 4.90 Å². The molecule has 4 nitrogen and oxygen atoms in total. The van der Waals surface area contributed by atoms with E-state index in [4.69, 9.17) is 0 Å². The Morgan fingerprint density at radius 1 is 1.36 bits per heavy atom. The number of carbonyl (C=O) groups excluding carboxylic acids is 1. The van der Waals surface area contributed by atoms with Crippen molar-refractivity contribution < 1.29 is 9.90 Å². The van der Waals surface area contributed by atoms with E-state index in [0.717, 1.165) is 25.1 Å². The first-order valence-corrected chi connectivity index (χ1v) is 8.14. The van der Waals surface area contributed by atoms with E-state index in [0.29, 0.717) is 6.54 Å². The third kappa shape index (κ3) is 3.87. The minimum Gasteiger partial charge on any atom is -0.389 e. The van der Waals surface area contributed by atoms with Crippen LogP contribution in [-0.2, 0) is 4.79 Å². The van der Waals surface area contributed by atoms with Gasteiger partial charge in [-0.25, -0.2) is 0 Å². The Morgan fingerprint density at radius 3 is 2.55 bits per heavy atom. The number of anilines is 1. The van der Waals surface area contributed by atoms with Gasteiger partial charge in [0.05, 0.1) is 12.1 Å². The number of likely N-dealkylation sites (tertiary alicyclic amines) is 1. The summed E-state index contributed by atoms with van der Waals surface area (Å²) in [5.41, 5.74) is 0.160. The number of carbonyl (C=O) groups is 1. The van der Waals surface area contributed by atoms with Crippen molar-refractivity contribution in [2.24, 2.45) is 0 Å². The smallest absolute Gasteiger partial charge is 0.241 e. The standard InChI is InChI=1S/C18H28N2O2/c1-14(2)20(15-9-6-5-7-10-15)17(21)13-19-12-8-11-16(19)18(3,4)22/h5-7,9-10,14,16,22H,8,11-13H2,1-4H3. The Morgan fingerprint density at radius 2 is 2.00 bits per heavy atom. The largest absolute Gasteiger partial charge is 0.389 e. The monoisotopic (exact) mass is 304 g/mol. The Labute approximate surface area is 133 Å². The maximum atomic E-state index is 12.8. The van der Waals surface area contributed by atoms with Gasteiger partial charge in [-0.05, 0) is 59.2 Å². The van der Waals surface area contributed by atoms with E-state index in [1.807, 2.05) is 62.9 Å². The van der Waals surface area contributed by atoms with Crippen molar-refractivity contribution >= 4 is 11.6 Å². The molecule has 1 saturated heterocycles. The van der Waals surface area contributed by atoms with Gasteiger partial charge >= 0.3 is 0 Å². The molecule has 1 N–H and O–H groups in total. The van der Waals surface area contributed by atoms with Crippen LogP contribution in [0.1, 0.15) is 40.5 Å². The van der Waals surface area contributed by atoms with E-state index < -0.39 is 5.60 Å². The average Bonchev–Trinajstić information content (AvgIpc) is 2.87. The molecule has 1 heterocycles. The quantitative estimate of drug-likeness (QED) is 0.909. The molecule has 122 valence electrons. The van der Waals surface area contributed by atoms with Crippen molar-refractivity contribution in [2.75, 3.05) is 18.0 Å². The maximum absolute atomic E-state index is 12.8. The lowest BCUT2D eigenvalue weighted by molar-refractivity contribution is -0.121. The fourth-order valence-electron chi connectivity index (χ4n) is 3.38. The second-order valence-electron chi connectivity index (χ2n) is 6.98. The lowest BCUT2D eigenvalue weighted by Crippen LogP contribution is -2.50. The van der Waals surface area contributed by atoms with Crippen LogP contribution in [0.4, 0.5) is 5.69 Å². The lowest BCUT2D eigenvalue weighted by Gasteiger charge is -2.35. The molecule has 0 spiro atoms. The highest BCUT2D eigenvalue weighted by Crippen LogP contribution is 2.27. The van der Waals surface area contributed by atoms with E-state index >= 15 is 0 Å². The van der Waals surface area contributed by atoms with Crippen LogP contribution in [0.5, 0.6) is 0 Å². The van der Waals surface area contributed by atoms with Crippen molar-refractivity contribution in [3.63, 3.8) is 0 Å². The number of benzene rings is 1. The number of nitrogens with zero attached hydrogens (tertiary/aromatic N) is 2. The number of hydrogen-bond acceptors (Lipinski definition) is 3. The van der Waals surface area contributed by atoms with Gasteiger partial charge in [0, 0.05) is 17.8 Å². The van der Waals surface area contributed by atoms with Gasteiger partial charge in [0.25, 0.3) is 0 Å². The molecule has 1 amide bonds. The second kappa shape index (κ2) is 6.80. The summed E-state index contributed by atoms with van der Waals surface area (Å²) in [6.07, 6.45) is 1.98. The van der Waals surface area contributed by atoms with Crippen molar-refractivity contribution in [2.45, 2.75) is 58.2 Å². The first kappa shape index (κ1) is 17.0. The minimum atomic E-state index is -0.772. The maximum Gasteiger partial charge on any atom is 0.241 e. The van der Waals surface area contributed by atoms with Crippen molar-refractivity contribution in [3.8, 4) is 0 Å². The molecule has 0 bridgehead atoms. The zero-order chi connectivity index (χ0) is 16.3. The SMILES string of the molecule is CC(C)N(C(=O)CN1CCCC1C(C)(C)O)c1ccccc1. The topological polar surface area (TPSA) is 43.8 Å². The summed E-state index contributed by atoms with van der Waals surface area (Å²) < 4.78 is 0. The highest BCUT2D eigenvalue weighted by atomic mass is 16.3. The Hall–Kier alpha value is -1.39. The predicted octanol–water partition coefficient (Wildman–Crippen LogP) is 2.66. The predicted molar refractivity (Wildman–Crippen MR) is 90.0 cm³/mol. The molecule has 2 rings (SSSR count). The summed E-state index contributed by atoms with van der Waals surface area (Å²) in [5.74, 6) is 0.0948. The van der Waals surface area contributed by atoms with Gasteiger partial charge < -0.3 is 10.0 Å². The Bertz CT molecular complexity index is 494. The summed E-state index contributed by atoms with van der Waals surface area (Å²) in [6, 6.07) is 9.96. The number of para-hydroxylation sites is 1. The van der Waals surface area contributed by atoms with Crippen molar-refractivity contribution in [3.05, 3.63) is 30.3 Å². The molecular formula is C18H28N2O2. The minimum absolute atomic E-state index is 0.0567. The molecule has 0 radical (unpaired) electrons. The van der Waals surface area contributed by atoms with E-state index in [2.05, 4.69) is 4.90 Å². The van der Waals surface area contributed by atoms with Gasteiger partial charge in [-0.15, -0.1) is 0 Å². The normalized spacial score (nSPS) is 19.6. The van der Waals surface area contributed by atoms with Crippen LogP contribution in [0, 0.1) is 0 Å². The summed E-state index contributed by atoms with van der Waals surface area (Å²) in [6.45, 7) is 8.96. The van der Waals surface area contributed by atoms with Crippen LogP contribution in [-0.4, -0.2) is 46.7 Å². The molecule has 1 aliphatic heterocycles. The molecular weight excluding hydrogens is 276 g/mol. The third-order valence-electron chi connectivity index (χ3n) is 4.34. The molecule has 1 aromatic rings. The Balaban J connectivity index is 2.12. The van der Waals surface area contributed by atoms with Crippen LogP contribution in [0.2, 0.25) is 0 Å². The number of rotatable bonds is 5. The van der Waals surface area contributed by atoms with Gasteiger partial charge in [-0.3, -0.25) is 9.69 Å². The molecule has 1 fully saturated rings. The fourth-order valence-corrected chi connectivity index (χ4v) is 3.38. The summed E-state index contributed by atoms with van der Waals surface area (Å²) in [5, 5.41) is 10.3. The van der Waals surface area contributed by atoms with Crippen LogP contribution in [0.25, 0.3) is 0 Å². The first-order chi connectivity index (χ1) is 10.3. The van der Waals surface area contributed by atoms with E-state index in [9.17, 15) is 9.90 Å². The lowest BCUT2D eigenvalue weighted by atomic mass is 9.96. The highest BCUT2D eigenvalue weighted by Gasteiger charge is 2.37. The van der Waals surface area contributed by atoms with Crippen LogP contribution < -0.4 is 4.90 Å². The first-order valence-electron chi connectivity index (χ1n) is 8.14. The van der Waals surface area contributed by atoms with Crippen LogP contribution in [0.3, 0.4) is 0 Å². The zero-order valence-corrected chi connectivity index (χ0v) is 14.1. The van der Waals surface area contributed by atoms with E-state index in [1.54, 1.807) is 0 Å².